The highest BCUT2D eigenvalue weighted by Gasteiger charge is 2.10. The van der Waals surface area contributed by atoms with Crippen molar-refractivity contribution >= 4 is 16.8 Å². The highest BCUT2D eigenvalue weighted by atomic mass is 16.5. The number of rotatable bonds is 5. The zero-order chi connectivity index (χ0) is 15.5. The van der Waals surface area contributed by atoms with Gasteiger partial charge in [0.15, 0.2) is 5.58 Å². The van der Waals surface area contributed by atoms with E-state index in [2.05, 4.69) is 4.98 Å². The van der Waals surface area contributed by atoms with Gasteiger partial charge in [0.2, 0.25) is 5.89 Å². The predicted octanol–water partition coefficient (Wildman–Crippen LogP) is 1.81. The van der Waals surface area contributed by atoms with Crippen LogP contribution in [-0.4, -0.2) is 34.5 Å². The van der Waals surface area contributed by atoms with Gasteiger partial charge >= 0.3 is 0 Å². The lowest BCUT2D eigenvalue weighted by Gasteiger charge is -2.09. The minimum atomic E-state index is -0.904. The fourth-order valence-electron chi connectivity index (χ4n) is 1.99. The quantitative estimate of drug-likeness (QED) is 0.621. The zero-order valence-electron chi connectivity index (χ0n) is 11.8. The molecule has 0 aliphatic heterocycles. The van der Waals surface area contributed by atoms with Gasteiger partial charge in [0.25, 0.3) is 0 Å². The summed E-state index contributed by atoms with van der Waals surface area (Å²) in [6.45, 7) is -0.321. The summed E-state index contributed by atoms with van der Waals surface area (Å²) in [7, 11) is 0. The summed E-state index contributed by atoms with van der Waals surface area (Å²) < 4.78 is 11.1. The first-order chi connectivity index (χ1) is 10.7. The minimum absolute atomic E-state index is 0.0185. The van der Waals surface area contributed by atoms with Gasteiger partial charge in [-0.15, -0.1) is 0 Å². The van der Waals surface area contributed by atoms with Gasteiger partial charge in [0, 0.05) is 17.3 Å². The first-order valence-corrected chi connectivity index (χ1v) is 6.84. The Hall–Kier alpha value is -2.57. The van der Waals surface area contributed by atoms with Crippen LogP contribution in [0.5, 0.6) is 5.75 Å². The summed E-state index contributed by atoms with van der Waals surface area (Å²) in [5, 5.41) is 18.1. The fraction of sp³-hybridized carbons (Fsp3) is 0.188. The predicted molar refractivity (Wildman–Crippen MR) is 82.4 cm³/mol. The third kappa shape index (κ3) is 3.03. The van der Waals surface area contributed by atoms with Gasteiger partial charge in [-0.25, -0.2) is 4.98 Å². The molecule has 0 aliphatic carbocycles. The molecule has 6 nitrogen and oxygen atoms in total. The molecule has 2 aromatic carbocycles. The SMILES string of the molecule is Nc1ccc(-c2nc3cc(OCC(O)CO)ccc3o2)cc1. The molecule has 4 N–H and O–H groups in total. The lowest BCUT2D eigenvalue weighted by Crippen LogP contribution is -2.21. The van der Waals surface area contributed by atoms with Crippen molar-refractivity contribution in [2.45, 2.75) is 6.10 Å². The first kappa shape index (κ1) is 14.4. The molecule has 0 fully saturated rings. The molecule has 0 amide bonds. The number of fused-ring (bicyclic) bond motifs is 1. The van der Waals surface area contributed by atoms with Gasteiger partial charge in [-0.1, -0.05) is 0 Å². The Morgan fingerprint density at radius 3 is 2.68 bits per heavy atom. The van der Waals surface area contributed by atoms with Crippen molar-refractivity contribution in [3.8, 4) is 17.2 Å². The molecule has 114 valence electrons. The van der Waals surface area contributed by atoms with E-state index < -0.39 is 6.10 Å². The molecule has 1 aromatic heterocycles. The van der Waals surface area contributed by atoms with Crippen molar-refractivity contribution in [2.75, 3.05) is 18.9 Å². The molecule has 0 radical (unpaired) electrons. The van der Waals surface area contributed by atoms with Crippen molar-refractivity contribution in [2.24, 2.45) is 0 Å². The van der Waals surface area contributed by atoms with Gasteiger partial charge in [0.05, 0.1) is 6.61 Å². The molecule has 0 aliphatic rings. The maximum absolute atomic E-state index is 9.29. The van der Waals surface area contributed by atoms with Crippen LogP contribution in [0.1, 0.15) is 0 Å². The maximum atomic E-state index is 9.29. The van der Waals surface area contributed by atoms with E-state index in [4.69, 9.17) is 20.0 Å². The first-order valence-electron chi connectivity index (χ1n) is 6.84. The van der Waals surface area contributed by atoms with Crippen molar-refractivity contribution in [1.82, 2.24) is 4.98 Å². The lowest BCUT2D eigenvalue weighted by molar-refractivity contribution is 0.0536. The van der Waals surface area contributed by atoms with Crippen molar-refractivity contribution in [3.63, 3.8) is 0 Å². The normalized spacial score (nSPS) is 12.5. The van der Waals surface area contributed by atoms with Crippen molar-refractivity contribution in [3.05, 3.63) is 42.5 Å². The smallest absolute Gasteiger partial charge is 0.227 e. The van der Waals surface area contributed by atoms with E-state index in [0.717, 1.165) is 5.56 Å². The molecule has 3 rings (SSSR count). The maximum Gasteiger partial charge on any atom is 0.227 e. The molecule has 0 spiro atoms. The van der Waals surface area contributed by atoms with Gasteiger partial charge in [-0.3, -0.25) is 0 Å². The van der Waals surface area contributed by atoms with E-state index in [1.54, 1.807) is 30.3 Å². The van der Waals surface area contributed by atoms with Gasteiger partial charge in [-0.05, 0) is 36.4 Å². The highest BCUT2D eigenvalue weighted by Crippen LogP contribution is 2.27. The van der Waals surface area contributed by atoms with Crippen molar-refractivity contribution < 1.29 is 19.4 Å². The van der Waals surface area contributed by atoms with E-state index in [-0.39, 0.29) is 13.2 Å². The molecule has 0 saturated heterocycles. The Morgan fingerprint density at radius 2 is 1.95 bits per heavy atom. The number of ether oxygens (including phenoxy) is 1. The standard InChI is InChI=1S/C16H16N2O4/c17-11-3-1-10(2-4-11)16-18-14-7-13(5-6-15(14)22-16)21-9-12(20)8-19/h1-7,12,19-20H,8-9,17H2. The van der Waals surface area contributed by atoms with Crippen LogP contribution in [0.3, 0.4) is 0 Å². The summed E-state index contributed by atoms with van der Waals surface area (Å²) in [4.78, 5) is 4.42. The van der Waals surface area contributed by atoms with Crippen LogP contribution >= 0.6 is 0 Å². The summed E-state index contributed by atoms with van der Waals surface area (Å²) in [5.41, 5.74) is 8.47. The third-order valence-corrected chi connectivity index (χ3v) is 3.17. The van der Waals surface area contributed by atoms with Crippen LogP contribution in [0.2, 0.25) is 0 Å². The Kier molecular flexibility index (Phi) is 3.95. The monoisotopic (exact) mass is 300 g/mol. The molecule has 3 aromatic rings. The molecule has 1 unspecified atom stereocenters. The van der Waals surface area contributed by atoms with Gasteiger partial charge in [-0.2, -0.15) is 0 Å². The number of hydrogen-bond acceptors (Lipinski definition) is 6. The van der Waals surface area contributed by atoms with Gasteiger partial charge < -0.3 is 25.1 Å². The Labute approximate surface area is 126 Å². The summed E-state index contributed by atoms with van der Waals surface area (Å²) >= 11 is 0. The topological polar surface area (TPSA) is 102 Å². The number of hydrogen-bond donors (Lipinski definition) is 3. The van der Waals surface area contributed by atoms with Crippen LogP contribution in [0.25, 0.3) is 22.6 Å². The Balaban J connectivity index is 1.85. The molecule has 1 heterocycles. The summed E-state index contributed by atoms with van der Waals surface area (Å²) in [6, 6.07) is 12.5. The van der Waals surface area contributed by atoms with Crippen LogP contribution in [0.4, 0.5) is 5.69 Å². The van der Waals surface area contributed by atoms with Crippen molar-refractivity contribution in [1.29, 1.82) is 0 Å². The summed E-state index contributed by atoms with van der Waals surface area (Å²) in [5.74, 6) is 1.06. The minimum Gasteiger partial charge on any atom is -0.491 e. The second kappa shape index (κ2) is 6.05. The van der Waals surface area contributed by atoms with E-state index >= 15 is 0 Å². The average Bonchev–Trinajstić information content (AvgIpc) is 2.96. The molecule has 0 saturated carbocycles. The van der Waals surface area contributed by atoms with E-state index in [1.165, 1.54) is 0 Å². The number of aromatic nitrogens is 1. The second-order valence-corrected chi connectivity index (χ2v) is 4.92. The molecule has 0 bridgehead atoms. The third-order valence-electron chi connectivity index (χ3n) is 3.17. The number of nitrogen functional groups attached to an aromatic ring is 1. The molecule has 1 atom stereocenters. The number of oxazole rings is 1. The number of benzene rings is 2. The lowest BCUT2D eigenvalue weighted by atomic mass is 10.2. The number of anilines is 1. The largest absolute Gasteiger partial charge is 0.491 e. The highest BCUT2D eigenvalue weighted by molar-refractivity contribution is 5.77. The summed E-state index contributed by atoms with van der Waals surface area (Å²) in [6.07, 6.45) is -0.904. The molecular weight excluding hydrogens is 284 g/mol. The Bertz CT molecular complexity index is 767. The molecule has 6 heteroatoms. The number of nitrogens with zero attached hydrogens (tertiary/aromatic N) is 1. The number of aliphatic hydroxyl groups is 2. The van der Waals surface area contributed by atoms with Crippen LogP contribution < -0.4 is 10.5 Å². The second-order valence-electron chi connectivity index (χ2n) is 4.92. The Morgan fingerprint density at radius 1 is 1.18 bits per heavy atom. The average molecular weight is 300 g/mol. The zero-order valence-corrected chi connectivity index (χ0v) is 11.8. The fourth-order valence-corrected chi connectivity index (χ4v) is 1.99. The van der Waals surface area contributed by atoms with E-state index in [9.17, 15) is 5.11 Å². The number of aliphatic hydroxyl groups excluding tert-OH is 2. The van der Waals surface area contributed by atoms with Crippen LogP contribution in [0, 0.1) is 0 Å². The van der Waals surface area contributed by atoms with Crippen LogP contribution in [0.15, 0.2) is 46.9 Å². The molecule has 22 heavy (non-hydrogen) atoms. The van der Waals surface area contributed by atoms with Crippen LogP contribution in [-0.2, 0) is 0 Å². The van der Waals surface area contributed by atoms with E-state index in [0.29, 0.717) is 28.4 Å². The van der Waals surface area contributed by atoms with Gasteiger partial charge in [0.1, 0.15) is 24.0 Å². The van der Waals surface area contributed by atoms with E-state index in [1.807, 2.05) is 12.1 Å². The molecular formula is C16H16N2O4. The number of nitrogens with two attached hydrogens (primary N) is 1.